The molecule has 3 heteroatoms. The van der Waals surface area contributed by atoms with Crippen LogP contribution in [0, 0.1) is 5.82 Å². The van der Waals surface area contributed by atoms with E-state index >= 15 is 0 Å². The van der Waals surface area contributed by atoms with Crippen LogP contribution in [0.25, 0.3) is 0 Å². The van der Waals surface area contributed by atoms with Crippen LogP contribution < -0.4 is 0 Å². The number of likely N-dealkylation sites (N-methyl/N-ethyl adjacent to an activating group) is 1. The molecular weight excluding hydrogens is 193 g/mol. The normalized spacial score (nSPS) is 9.73. The van der Waals surface area contributed by atoms with Gasteiger partial charge in [-0.2, -0.15) is 0 Å². The molecule has 0 aliphatic rings. The van der Waals surface area contributed by atoms with Crippen LogP contribution in [-0.4, -0.2) is 17.4 Å². The Kier molecular flexibility index (Phi) is 4.03. The van der Waals surface area contributed by atoms with Gasteiger partial charge < -0.3 is 4.90 Å². The molecule has 0 aromatic heterocycles. The molecule has 1 rings (SSSR count). The molecule has 0 heterocycles. The Morgan fingerprint density at radius 1 is 1.60 bits per heavy atom. The van der Waals surface area contributed by atoms with E-state index in [1.54, 1.807) is 17.0 Å². The van der Waals surface area contributed by atoms with Crippen molar-refractivity contribution in [1.82, 2.24) is 4.90 Å². The average Bonchev–Trinajstić information content (AvgIpc) is 2.25. The van der Waals surface area contributed by atoms with Gasteiger partial charge in [0.2, 0.25) is 5.91 Å². The van der Waals surface area contributed by atoms with E-state index in [4.69, 9.17) is 0 Å². The highest BCUT2D eigenvalue weighted by molar-refractivity contribution is 5.86. The molecule has 80 valence electrons. The smallest absolute Gasteiger partial charge is 0.246 e. The fourth-order valence-electron chi connectivity index (χ4n) is 1.33. The van der Waals surface area contributed by atoms with E-state index in [1.807, 2.05) is 6.92 Å². The van der Waals surface area contributed by atoms with Gasteiger partial charge in [0.05, 0.1) is 0 Å². The van der Waals surface area contributed by atoms with E-state index < -0.39 is 0 Å². The molecule has 0 aliphatic heterocycles. The Labute approximate surface area is 89.0 Å². The number of nitrogens with zero attached hydrogens (tertiary/aromatic N) is 1. The Balaban J connectivity index is 2.75. The van der Waals surface area contributed by atoms with Crippen LogP contribution in [0.1, 0.15) is 12.5 Å². The highest BCUT2D eigenvalue weighted by Crippen LogP contribution is 2.07. The summed E-state index contributed by atoms with van der Waals surface area (Å²) in [6, 6.07) is 6.24. The van der Waals surface area contributed by atoms with E-state index in [-0.39, 0.29) is 11.7 Å². The molecule has 0 aliphatic carbocycles. The van der Waals surface area contributed by atoms with Crippen molar-refractivity contribution < 1.29 is 9.18 Å². The summed E-state index contributed by atoms with van der Waals surface area (Å²) in [5, 5.41) is 0. The number of carbonyl (C=O) groups excluding carboxylic acids is 1. The first-order valence-corrected chi connectivity index (χ1v) is 4.83. The Bertz CT molecular complexity index is 362. The Hall–Kier alpha value is -1.64. The van der Waals surface area contributed by atoms with Crippen LogP contribution in [0.15, 0.2) is 36.9 Å². The summed E-state index contributed by atoms with van der Waals surface area (Å²) in [5.74, 6) is -0.420. The zero-order valence-corrected chi connectivity index (χ0v) is 8.74. The standard InChI is InChI=1S/C12H14FNO/c1-3-12(15)14(4-2)9-10-6-5-7-11(13)8-10/h3,5-8H,1,4,9H2,2H3. The van der Waals surface area contributed by atoms with E-state index in [0.717, 1.165) is 5.56 Å². The van der Waals surface area contributed by atoms with Crippen molar-refractivity contribution in [2.75, 3.05) is 6.54 Å². The minimum atomic E-state index is -0.283. The molecule has 0 N–H and O–H groups in total. The van der Waals surface area contributed by atoms with Gasteiger partial charge >= 0.3 is 0 Å². The number of hydrogen-bond donors (Lipinski definition) is 0. The highest BCUT2D eigenvalue weighted by Gasteiger charge is 2.08. The lowest BCUT2D eigenvalue weighted by molar-refractivity contribution is -0.126. The van der Waals surface area contributed by atoms with Crippen molar-refractivity contribution in [2.24, 2.45) is 0 Å². The molecule has 1 aromatic carbocycles. The minimum Gasteiger partial charge on any atom is -0.335 e. The topological polar surface area (TPSA) is 20.3 Å². The Morgan fingerprint density at radius 3 is 2.87 bits per heavy atom. The molecule has 0 saturated heterocycles. The number of hydrogen-bond acceptors (Lipinski definition) is 1. The molecule has 0 unspecified atom stereocenters. The van der Waals surface area contributed by atoms with Crippen molar-refractivity contribution in [3.05, 3.63) is 48.3 Å². The van der Waals surface area contributed by atoms with Gasteiger partial charge in [0, 0.05) is 13.1 Å². The first-order chi connectivity index (χ1) is 7.17. The van der Waals surface area contributed by atoms with Crippen molar-refractivity contribution in [1.29, 1.82) is 0 Å². The van der Waals surface area contributed by atoms with Crippen molar-refractivity contribution in [3.63, 3.8) is 0 Å². The maximum atomic E-state index is 12.9. The summed E-state index contributed by atoms with van der Waals surface area (Å²) in [5.41, 5.74) is 0.784. The fourth-order valence-corrected chi connectivity index (χ4v) is 1.33. The predicted molar refractivity (Wildman–Crippen MR) is 57.7 cm³/mol. The molecule has 1 aromatic rings. The van der Waals surface area contributed by atoms with E-state index in [2.05, 4.69) is 6.58 Å². The second-order valence-corrected chi connectivity index (χ2v) is 3.19. The van der Waals surface area contributed by atoms with Crippen LogP contribution >= 0.6 is 0 Å². The summed E-state index contributed by atoms with van der Waals surface area (Å²) in [6.45, 7) is 6.30. The highest BCUT2D eigenvalue weighted by atomic mass is 19.1. The van der Waals surface area contributed by atoms with Crippen LogP contribution in [0.4, 0.5) is 4.39 Å². The van der Waals surface area contributed by atoms with Crippen molar-refractivity contribution >= 4 is 5.91 Å². The molecule has 15 heavy (non-hydrogen) atoms. The summed E-state index contributed by atoms with van der Waals surface area (Å²) in [6.07, 6.45) is 1.27. The molecule has 0 atom stereocenters. The lowest BCUT2D eigenvalue weighted by atomic mass is 10.2. The van der Waals surface area contributed by atoms with Crippen LogP contribution in [0.3, 0.4) is 0 Å². The van der Waals surface area contributed by atoms with Crippen LogP contribution in [0.2, 0.25) is 0 Å². The SMILES string of the molecule is C=CC(=O)N(CC)Cc1cccc(F)c1. The van der Waals surface area contributed by atoms with Gasteiger partial charge in [-0.15, -0.1) is 0 Å². The first-order valence-electron chi connectivity index (χ1n) is 4.83. The van der Waals surface area contributed by atoms with Gasteiger partial charge in [-0.05, 0) is 30.7 Å². The molecule has 0 radical (unpaired) electrons. The van der Waals surface area contributed by atoms with Crippen LogP contribution in [0.5, 0.6) is 0 Å². The largest absolute Gasteiger partial charge is 0.335 e. The number of halogens is 1. The van der Waals surface area contributed by atoms with E-state index in [0.29, 0.717) is 13.1 Å². The summed E-state index contributed by atoms with van der Waals surface area (Å²) < 4.78 is 12.9. The monoisotopic (exact) mass is 207 g/mol. The molecular formula is C12H14FNO. The van der Waals surface area contributed by atoms with Gasteiger partial charge in [-0.25, -0.2) is 4.39 Å². The molecule has 2 nitrogen and oxygen atoms in total. The summed E-state index contributed by atoms with van der Waals surface area (Å²) in [4.78, 5) is 12.9. The third-order valence-corrected chi connectivity index (χ3v) is 2.13. The van der Waals surface area contributed by atoms with Gasteiger partial charge in [-0.3, -0.25) is 4.79 Å². The molecule has 1 amide bonds. The second kappa shape index (κ2) is 5.29. The zero-order valence-electron chi connectivity index (χ0n) is 8.74. The number of rotatable bonds is 4. The quantitative estimate of drug-likeness (QED) is 0.694. The number of carbonyl (C=O) groups is 1. The van der Waals surface area contributed by atoms with Gasteiger partial charge in [0.15, 0.2) is 0 Å². The maximum Gasteiger partial charge on any atom is 0.246 e. The zero-order chi connectivity index (χ0) is 11.3. The summed E-state index contributed by atoms with van der Waals surface area (Å²) >= 11 is 0. The Morgan fingerprint density at radius 2 is 2.33 bits per heavy atom. The van der Waals surface area contributed by atoms with Crippen LogP contribution in [-0.2, 0) is 11.3 Å². The first kappa shape index (κ1) is 11.4. The van der Waals surface area contributed by atoms with Gasteiger partial charge in [0.25, 0.3) is 0 Å². The van der Waals surface area contributed by atoms with Gasteiger partial charge in [0.1, 0.15) is 5.82 Å². The lowest BCUT2D eigenvalue weighted by Gasteiger charge is -2.18. The van der Waals surface area contributed by atoms with Crippen molar-refractivity contribution in [2.45, 2.75) is 13.5 Å². The summed E-state index contributed by atoms with van der Waals surface area (Å²) in [7, 11) is 0. The molecule has 0 spiro atoms. The van der Waals surface area contributed by atoms with Gasteiger partial charge in [-0.1, -0.05) is 18.7 Å². The minimum absolute atomic E-state index is 0.137. The third-order valence-electron chi connectivity index (χ3n) is 2.13. The predicted octanol–water partition coefficient (Wildman–Crippen LogP) is 2.36. The average molecular weight is 207 g/mol. The molecule has 0 saturated carbocycles. The van der Waals surface area contributed by atoms with Crippen molar-refractivity contribution in [3.8, 4) is 0 Å². The second-order valence-electron chi connectivity index (χ2n) is 3.19. The lowest BCUT2D eigenvalue weighted by Crippen LogP contribution is -2.28. The van der Waals surface area contributed by atoms with E-state index in [9.17, 15) is 9.18 Å². The third kappa shape index (κ3) is 3.20. The van der Waals surface area contributed by atoms with E-state index in [1.165, 1.54) is 18.2 Å². The number of benzene rings is 1. The number of amides is 1. The fraction of sp³-hybridized carbons (Fsp3) is 0.250. The molecule has 0 bridgehead atoms. The molecule has 0 fully saturated rings. The maximum absolute atomic E-state index is 12.9.